The van der Waals surface area contributed by atoms with Gasteiger partial charge in [0, 0.05) is 19.1 Å². The molecule has 0 atom stereocenters. The Bertz CT molecular complexity index is 432. The molecule has 6 heteroatoms. The zero-order valence-electron chi connectivity index (χ0n) is 14.1. The first kappa shape index (κ1) is 17.1. The predicted molar refractivity (Wildman–Crippen MR) is 82.8 cm³/mol. The van der Waals surface area contributed by atoms with E-state index in [9.17, 15) is 14.7 Å². The largest absolute Gasteiger partial charge is 0.481 e. The maximum absolute atomic E-state index is 12.1. The number of likely N-dealkylation sites (tertiary alicyclic amines) is 1. The first-order chi connectivity index (χ1) is 10.1. The van der Waals surface area contributed by atoms with Crippen molar-refractivity contribution in [1.29, 1.82) is 0 Å². The number of ether oxygens (including phenoxy) is 1. The fourth-order valence-electron chi connectivity index (χ4n) is 3.54. The molecule has 0 radical (unpaired) electrons. The van der Waals surface area contributed by atoms with E-state index in [1.807, 2.05) is 27.8 Å². The summed E-state index contributed by atoms with van der Waals surface area (Å²) in [6.45, 7) is 6.36. The smallest absolute Gasteiger partial charge is 0.410 e. The molecule has 1 N–H and O–H groups in total. The number of nitrogens with zero attached hydrogens (tertiary/aromatic N) is 2. The molecule has 1 heterocycles. The molecule has 6 nitrogen and oxygen atoms in total. The Labute approximate surface area is 132 Å². The lowest BCUT2D eigenvalue weighted by molar-refractivity contribution is -0.146. The number of carbonyl (C=O) groups excluding carboxylic acids is 1. The Kier molecular flexibility index (Phi) is 4.70. The van der Waals surface area contributed by atoms with Gasteiger partial charge in [-0.05, 0) is 40.7 Å². The SMILES string of the molecule is CN(C1CCCC1)C1(CC(=O)O)CN(C(=O)OC(C)(C)C)C1. The molecule has 1 saturated carbocycles. The molecule has 0 aromatic rings. The average Bonchev–Trinajstić information content (AvgIpc) is 2.83. The average molecular weight is 312 g/mol. The maximum Gasteiger partial charge on any atom is 0.410 e. The van der Waals surface area contributed by atoms with Gasteiger partial charge in [-0.25, -0.2) is 4.79 Å². The van der Waals surface area contributed by atoms with Gasteiger partial charge >= 0.3 is 12.1 Å². The Balaban J connectivity index is 2.01. The third kappa shape index (κ3) is 3.72. The van der Waals surface area contributed by atoms with Gasteiger partial charge in [-0.3, -0.25) is 9.69 Å². The molecule has 2 rings (SSSR count). The van der Waals surface area contributed by atoms with Crippen LogP contribution in [0.5, 0.6) is 0 Å². The number of carbonyl (C=O) groups is 2. The summed E-state index contributed by atoms with van der Waals surface area (Å²) >= 11 is 0. The van der Waals surface area contributed by atoms with Gasteiger partial charge in [0.15, 0.2) is 0 Å². The van der Waals surface area contributed by atoms with E-state index in [0.29, 0.717) is 19.1 Å². The van der Waals surface area contributed by atoms with E-state index in [0.717, 1.165) is 12.8 Å². The second kappa shape index (κ2) is 6.07. The molecule has 1 amide bonds. The fourth-order valence-corrected chi connectivity index (χ4v) is 3.54. The standard InChI is InChI=1S/C16H28N2O4/c1-15(2,3)22-14(21)18-10-16(11-18,9-13(19)20)17(4)12-7-5-6-8-12/h12H,5-11H2,1-4H3,(H,19,20). The first-order valence-corrected chi connectivity index (χ1v) is 8.06. The highest BCUT2D eigenvalue weighted by Crippen LogP contribution is 2.36. The van der Waals surface area contributed by atoms with Crippen LogP contribution in [0.4, 0.5) is 4.79 Å². The summed E-state index contributed by atoms with van der Waals surface area (Å²) in [5, 5.41) is 9.26. The van der Waals surface area contributed by atoms with Crippen LogP contribution in [0.2, 0.25) is 0 Å². The van der Waals surface area contributed by atoms with E-state index in [4.69, 9.17) is 4.74 Å². The summed E-state index contributed by atoms with van der Waals surface area (Å²) in [5.74, 6) is -0.811. The molecule has 0 aromatic heterocycles. The van der Waals surface area contributed by atoms with E-state index in [2.05, 4.69) is 4.90 Å². The van der Waals surface area contributed by atoms with Crippen molar-refractivity contribution in [3.63, 3.8) is 0 Å². The molecule has 1 aliphatic carbocycles. The number of carboxylic acids is 1. The summed E-state index contributed by atoms with van der Waals surface area (Å²) in [4.78, 5) is 27.2. The quantitative estimate of drug-likeness (QED) is 0.862. The lowest BCUT2D eigenvalue weighted by atomic mass is 9.83. The van der Waals surface area contributed by atoms with E-state index in [1.165, 1.54) is 12.8 Å². The van der Waals surface area contributed by atoms with Crippen LogP contribution in [-0.4, -0.2) is 64.3 Å². The van der Waals surface area contributed by atoms with Crippen molar-refractivity contribution in [3.8, 4) is 0 Å². The fraction of sp³-hybridized carbons (Fsp3) is 0.875. The van der Waals surface area contributed by atoms with Crippen LogP contribution >= 0.6 is 0 Å². The van der Waals surface area contributed by atoms with Crippen LogP contribution in [0.1, 0.15) is 52.9 Å². The zero-order valence-corrected chi connectivity index (χ0v) is 14.1. The molecule has 126 valence electrons. The van der Waals surface area contributed by atoms with Crippen molar-refractivity contribution in [2.24, 2.45) is 0 Å². The third-order valence-corrected chi connectivity index (χ3v) is 4.72. The highest BCUT2D eigenvalue weighted by atomic mass is 16.6. The molecule has 0 bridgehead atoms. The van der Waals surface area contributed by atoms with Crippen LogP contribution in [0.3, 0.4) is 0 Å². The van der Waals surface area contributed by atoms with Gasteiger partial charge in [-0.1, -0.05) is 12.8 Å². The number of amides is 1. The molecule has 22 heavy (non-hydrogen) atoms. The van der Waals surface area contributed by atoms with Gasteiger partial charge in [0.25, 0.3) is 0 Å². The van der Waals surface area contributed by atoms with Gasteiger partial charge in [0.05, 0.1) is 12.0 Å². The summed E-state index contributed by atoms with van der Waals surface area (Å²) in [6, 6.07) is 0.431. The van der Waals surface area contributed by atoms with Crippen molar-refractivity contribution < 1.29 is 19.4 Å². The van der Waals surface area contributed by atoms with E-state index in [-0.39, 0.29) is 12.5 Å². The van der Waals surface area contributed by atoms with Gasteiger partial charge in [0.2, 0.25) is 0 Å². The number of aliphatic carboxylic acids is 1. The Hall–Kier alpha value is -1.30. The molecule has 0 aromatic carbocycles. The van der Waals surface area contributed by atoms with Gasteiger partial charge in [0.1, 0.15) is 5.60 Å². The van der Waals surface area contributed by atoms with Crippen LogP contribution in [-0.2, 0) is 9.53 Å². The predicted octanol–water partition coefficient (Wildman–Crippen LogP) is 2.33. The molecule has 0 spiro atoms. The van der Waals surface area contributed by atoms with Crippen molar-refractivity contribution in [1.82, 2.24) is 9.80 Å². The van der Waals surface area contributed by atoms with Crippen LogP contribution in [0, 0.1) is 0 Å². The molecule has 1 saturated heterocycles. The van der Waals surface area contributed by atoms with Crippen molar-refractivity contribution in [2.45, 2.75) is 70.1 Å². The monoisotopic (exact) mass is 312 g/mol. The topological polar surface area (TPSA) is 70.1 Å². The lowest BCUT2D eigenvalue weighted by Crippen LogP contribution is -2.72. The van der Waals surface area contributed by atoms with Gasteiger partial charge < -0.3 is 14.7 Å². The molecular weight excluding hydrogens is 284 g/mol. The van der Waals surface area contributed by atoms with Gasteiger partial charge in [-0.15, -0.1) is 0 Å². The maximum atomic E-state index is 12.1. The summed E-state index contributed by atoms with van der Waals surface area (Å²) < 4.78 is 5.37. The number of hydrogen-bond acceptors (Lipinski definition) is 4. The minimum absolute atomic E-state index is 0.0687. The van der Waals surface area contributed by atoms with E-state index >= 15 is 0 Å². The Morgan fingerprint density at radius 2 is 1.82 bits per heavy atom. The highest BCUT2D eigenvalue weighted by Gasteiger charge is 2.52. The van der Waals surface area contributed by atoms with Crippen molar-refractivity contribution in [3.05, 3.63) is 0 Å². The molecule has 1 aliphatic heterocycles. The molecule has 2 fully saturated rings. The van der Waals surface area contributed by atoms with Crippen LogP contribution in [0.25, 0.3) is 0 Å². The summed E-state index contributed by atoms with van der Waals surface area (Å²) in [6.07, 6.45) is 4.35. The summed E-state index contributed by atoms with van der Waals surface area (Å²) in [7, 11) is 2.01. The number of hydrogen-bond donors (Lipinski definition) is 1. The number of carboxylic acid groups (broad SMARTS) is 1. The Morgan fingerprint density at radius 3 is 2.27 bits per heavy atom. The molecule has 2 aliphatic rings. The van der Waals surface area contributed by atoms with Crippen molar-refractivity contribution in [2.75, 3.05) is 20.1 Å². The minimum Gasteiger partial charge on any atom is -0.481 e. The minimum atomic E-state index is -0.811. The van der Waals surface area contributed by atoms with Crippen molar-refractivity contribution >= 4 is 12.1 Å². The number of likely N-dealkylation sites (N-methyl/N-ethyl adjacent to an activating group) is 1. The highest BCUT2D eigenvalue weighted by molar-refractivity contribution is 5.73. The van der Waals surface area contributed by atoms with Crippen LogP contribution in [0.15, 0.2) is 0 Å². The lowest BCUT2D eigenvalue weighted by Gasteiger charge is -2.55. The second-order valence-electron chi connectivity index (χ2n) is 7.68. The third-order valence-electron chi connectivity index (χ3n) is 4.72. The van der Waals surface area contributed by atoms with E-state index in [1.54, 1.807) is 4.90 Å². The second-order valence-corrected chi connectivity index (χ2v) is 7.68. The first-order valence-electron chi connectivity index (χ1n) is 8.06. The van der Waals surface area contributed by atoms with E-state index < -0.39 is 17.1 Å². The zero-order chi connectivity index (χ0) is 16.5. The number of rotatable bonds is 4. The van der Waals surface area contributed by atoms with Crippen LogP contribution < -0.4 is 0 Å². The molecule has 0 unspecified atom stereocenters. The Morgan fingerprint density at radius 1 is 1.27 bits per heavy atom. The summed E-state index contributed by atoms with van der Waals surface area (Å²) in [5.41, 5.74) is -0.975. The van der Waals surface area contributed by atoms with Gasteiger partial charge in [-0.2, -0.15) is 0 Å². The normalized spacial score (nSPS) is 21.8. The molecular formula is C16H28N2O4.